The molecule has 1 aromatic heterocycles. The Kier molecular flexibility index (Phi) is 3.90. The molecular weight excluding hydrogens is 270 g/mol. The van der Waals surface area contributed by atoms with Gasteiger partial charge in [0.15, 0.2) is 0 Å². The van der Waals surface area contributed by atoms with Gasteiger partial charge in [-0.25, -0.2) is 0 Å². The van der Waals surface area contributed by atoms with Crippen LogP contribution in [0.15, 0.2) is 42.7 Å². The molecule has 1 fully saturated rings. The smallest absolute Gasteiger partial charge is 0.0595 e. The van der Waals surface area contributed by atoms with Gasteiger partial charge in [-0.1, -0.05) is 23.7 Å². The van der Waals surface area contributed by atoms with E-state index < -0.39 is 0 Å². The first-order valence-corrected chi connectivity index (χ1v) is 7.30. The Morgan fingerprint density at radius 1 is 1.25 bits per heavy atom. The molecule has 0 radical (unpaired) electrons. The largest absolute Gasteiger partial charge is 0.366 e. The fourth-order valence-electron chi connectivity index (χ4n) is 2.66. The highest BCUT2D eigenvalue weighted by molar-refractivity contribution is 6.30. The van der Waals surface area contributed by atoms with Crippen LogP contribution in [-0.2, 0) is 0 Å². The molecule has 0 spiro atoms. The molecule has 3 nitrogen and oxygen atoms in total. The molecular formula is C16H18ClN3. The predicted octanol–water partition coefficient (Wildman–Crippen LogP) is 3.20. The molecule has 1 aromatic carbocycles. The van der Waals surface area contributed by atoms with Crippen LogP contribution >= 0.6 is 11.6 Å². The number of nitrogens with zero attached hydrogens (tertiary/aromatic N) is 2. The number of rotatable bonds is 2. The molecule has 1 N–H and O–H groups in total. The first-order chi connectivity index (χ1) is 9.74. The summed E-state index contributed by atoms with van der Waals surface area (Å²) < 4.78 is 0. The predicted molar refractivity (Wildman–Crippen MR) is 84.4 cm³/mol. The van der Waals surface area contributed by atoms with Crippen molar-refractivity contribution in [2.75, 3.05) is 24.5 Å². The maximum Gasteiger partial charge on any atom is 0.0595 e. The zero-order chi connectivity index (χ0) is 13.9. The van der Waals surface area contributed by atoms with Gasteiger partial charge in [0.05, 0.1) is 5.02 Å². The maximum absolute atomic E-state index is 6.03. The van der Waals surface area contributed by atoms with Crippen LogP contribution in [0.5, 0.6) is 0 Å². The van der Waals surface area contributed by atoms with Gasteiger partial charge in [-0.15, -0.1) is 0 Å². The zero-order valence-electron chi connectivity index (χ0n) is 11.5. The van der Waals surface area contributed by atoms with Crippen molar-refractivity contribution in [3.63, 3.8) is 0 Å². The molecule has 0 bridgehead atoms. The molecule has 4 heteroatoms. The number of hydrogen-bond acceptors (Lipinski definition) is 3. The summed E-state index contributed by atoms with van der Waals surface area (Å²) in [6, 6.07) is 11.0. The molecule has 1 aliphatic heterocycles. The van der Waals surface area contributed by atoms with Crippen LogP contribution in [0, 0.1) is 0 Å². The average Bonchev–Trinajstić information content (AvgIpc) is 2.48. The first-order valence-electron chi connectivity index (χ1n) is 6.92. The number of halogens is 1. The highest BCUT2D eigenvalue weighted by Gasteiger charge is 2.18. The van der Waals surface area contributed by atoms with Crippen LogP contribution < -0.4 is 10.2 Å². The van der Waals surface area contributed by atoms with Crippen molar-refractivity contribution >= 4 is 17.3 Å². The number of hydrogen-bond donors (Lipinski definition) is 1. The van der Waals surface area contributed by atoms with Crippen LogP contribution in [0.3, 0.4) is 0 Å². The quantitative estimate of drug-likeness (QED) is 0.919. The summed E-state index contributed by atoms with van der Waals surface area (Å²) in [5.74, 6) is 0. The average molecular weight is 288 g/mol. The van der Waals surface area contributed by atoms with Crippen molar-refractivity contribution in [3.8, 4) is 11.1 Å². The van der Waals surface area contributed by atoms with Crippen molar-refractivity contribution in [1.82, 2.24) is 10.3 Å². The lowest BCUT2D eigenvalue weighted by Crippen LogP contribution is -2.49. The second kappa shape index (κ2) is 5.81. The number of nitrogens with one attached hydrogen (secondary N) is 1. The molecule has 1 aliphatic rings. The maximum atomic E-state index is 6.03. The Hall–Kier alpha value is -1.58. The molecule has 20 heavy (non-hydrogen) atoms. The molecule has 104 valence electrons. The third-order valence-electron chi connectivity index (χ3n) is 3.72. The van der Waals surface area contributed by atoms with Gasteiger partial charge in [0.25, 0.3) is 0 Å². The summed E-state index contributed by atoms with van der Waals surface area (Å²) in [6.45, 7) is 5.36. The minimum Gasteiger partial charge on any atom is -0.366 e. The second-order valence-corrected chi connectivity index (χ2v) is 5.63. The van der Waals surface area contributed by atoms with E-state index in [4.69, 9.17) is 11.6 Å². The Morgan fingerprint density at radius 2 is 2.15 bits per heavy atom. The number of anilines is 1. The molecule has 3 rings (SSSR count). The van der Waals surface area contributed by atoms with Crippen molar-refractivity contribution < 1.29 is 0 Å². The molecule has 0 saturated carbocycles. The number of aromatic nitrogens is 1. The Labute approximate surface area is 124 Å². The molecule has 2 aromatic rings. The summed E-state index contributed by atoms with van der Waals surface area (Å²) in [6.07, 6.45) is 3.51. The van der Waals surface area contributed by atoms with E-state index in [0.29, 0.717) is 11.1 Å². The molecule has 0 aliphatic carbocycles. The highest BCUT2D eigenvalue weighted by atomic mass is 35.5. The minimum atomic E-state index is 0.511. The first kappa shape index (κ1) is 13.4. The lowest BCUT2D eigenvalue weighted by Gasteiger charge is -2.36. The van der Waals surface area contributed by atoms with Crippen LogP contribution in [0.1, 0.15) is 6.92 Å². The second-order valence-electron chi connectivity index (χ2n) is 5.19. The summed E-state index contributed by atoms with van der Waals surface area (Å²) in [5.41, 5.74) is 3.47. The Balaban J connectivity index is 1.93. The van der Waals surface area contributed by atoms with E-state index in [0.717, 1.165) is 30.8 Å². The zero-order valence-corrected chi connectivity index (χ0v) is 12.3. The molecule has 0 amide bonds. The van der Waals surface area contributed by atoms with Crippen LogP contribution in [-0.4, -0.2) is 30.7 Å². The van der Waals surface area contributed by atoms with E-state index in [1.807, 2.05) is 12.3 Å². The standard InChI is InChI=1S/C16H18ClN3/c1-12-9-18-5-6-20(12)16-4-2-3-13(8-16)14-7-15(17)11-19-10-14/h2-4,7-8,10-12,18H,5-6,9H2,1H3/t12-/m0/s1. The van der Waals surface area contributed by atoms with E-state index in [2.05, 4.69) is 46.4 Å². The monoisotopic (exact) mass is 287 g/mol. The SMILES string of the molecule is C[C@H]1CNCCN1c1cccc(-c2cncc(Cl)c2)c1. The molecule has 2 heterocycles. The number of piperazine rings is 1. The molecule has 1 saturated heterocycles. The van der Waals surface area contributed by atoms with Crippen molar-refractivity contribution in [3.05, 3.63) is 47.7 Å². The minimum absolute atomic E-state index is 0.511. The Morgan fingerprint density at radius 3 is 2.95 bits per heavy atom. The normalized spacial score (nSPS) is 19.1. The fourth-order valence-corrected chi connectivity index (χ4v) is 2.83. The van der Waals surface area contributed by atoms with E-state index in [9.17, 15) is 0 Å². The van der Waals surface area contributed by atoms with E-state index in [1.165, 1.54) is 5.69 Å². The number of pyridine rings is 1. The van der Waals surface area contributed by atoms with Gasteiger partial charge in [-0.05, 0) is 30.7 Å². The van der Waals surface area contributed by atoms with Crippen molar-refractivity contribution in [1.29, 1.82) is 0 Å². The fraction of sp³-hybridized carbons (Fsp3) is 0.312. The van der Waals surface area contributed by atoms with Crippen LogP contribution in [0.4, 0.5) is 5.69 Å². The Bertz CT molecular complexity index is 600. The van der Waals surface area contributed by atoms with Crippen LogP contribution in [0.25, 0.3) is 11.1 Å². The number of benzene rings is 1. The van der Waals surface area contributed by atoms with Gasteiger partial charge in [-0.3, -0.25) is 4.98 Å². The van der Waals surface area contributed by atoms with Gasteiger partial charge in [0, 0.05) is 49.3 Å². The summed E-state index contributed by atoms with van der Waals surface area (Å²) in [4.78, 5) is 6.60. The highest BCUT2D eigenvalue weighted by Crippen LogP contribution is 2.27. The van der Waals surface area contributed by atoms with Crippen molar-refractivity contribution in [2.45, 2.75) is 13.0 Å². The van der Waals surface area contributed by atoms with Crippen LogP contribution in [0.2, 0.25) is 5.02 Å². The van der Waals surface area contributed by atoms with Gasteiger partial charge in [0.1, 0.15) is 0 Å². The summed E-state index contributed by atoms with van der Waals surface area (Å²) in [7, 11) is 0. The molecule has 1 atom stereocenters. The lowest BCUT2D eigenvalue weighted by molar-refractivity contribution is 0.501. The third kappa shape index (κ3) is 2.79. The molecule has 0 unspecified atom stereocenters. The van der Waals surface area contributed by atoms with Gasteiger partial charge in [-0.2, -0.15) is 0 Å². The van der Waals surface area contributed by atoms with E-state index in [1.54, 1.807) is 6.20 Å². The topological polar surface area (TPSA) is 28.2 Å². The summed E-state index contributed by atoms with van der Waals surface area (Å²) in [5, 5.41) is 4.09. The lowest BCUT2D eigenvalue weighted by atomic mass is 10.1. The van der Waals surface area contributed by atoms with Crippen molar-refractivity contribution in [2.24, 2.45) is 0 Å². The van der Waals surface area contributed by atoms with Gasteiger partial charge >= 0.3 is 0 Å². The van der Waals surface area contributed by atoms with Gasteiger partial charge in [0.2, 0.25) is 0 Å². The van der Waals surface area contributed by atoms with Gasteiger partial charge < -0.3 is 10.2 Å². The summed E-state index contributed by atoms with van der Waals surface area (Å²) >= 11 is 6.03. The van der Waals surface area contributed by atoms with E-state index in [-0.39, 0.29) is 0 Å². The third-order valence-corrected chi connectivity index (χ3v) is 3.92. The van der Waals surface area contributed by atoms with E-state index >= 15 is 0 Å².